The number of likely N-dealkylation sites (tertiary alicyclic amines) is 1. The Kier molecular flexibility index (Phi) is 5.50. The van der Waals surface area contributed by atoms with Crippen LogP contribution >= 0.6 is 0 Å². The number of nitrogens with zero attached hydrogens (tertiary/aromatic N) is 4. The maximum atomic E-state index is 14.0. The van der Waals surface area contributed by atoms with E-state index in [0.29, 0.717) is 25.3 Å². The van der Waals surface area contributed by atoms with Gasteiger partial charge in [-0.3, -0.25) is 14.4 Å². The molecule has 2 aliphatic heterocycles. The summed E-state index contributed by atoms with van der Waals surface area (Å²) in [6.45, 7) is 4.18. The van der Waals surface area contributed by atoms with Gasteiger partial charge in [0.05, 0.1) is 18.3 Å². The second kappa shape index (κ2) is 8.19. The number of carbonyl (C=O) groups excluding carboxylic acids is 1. The average molecular weight is 372 g/mol. The van der Waals surface area contributed by atoms with Crippen molar-refractivity contribution in [2.75, 3.05) is 32.8 Å². The van der Waals surface area contributed by atoms with Crippen LogP contribution in [0.4, 0.5) is 4.39 Å². The number of hydrogen-bond donors (Lipinski definition) is 0. The summed E-state index contributed by atoms with van der Waals surface area (Å²) in [6, 6.07) is 8.88. The van der Waals surface area contributed by atoms with E-state index in [1.807, 2.05) is 27.8 Å². The summed E-state index contributed by atoms with van der Waals surface area (Å²) in [5, 5.41) is 4.41. The minimum Gasteiger partial charge on any atom is -0.369 e. The maximum absolute atomic E-state index is 14.0. The van der Waals surface area contributed by atoms with E-state index in [4.69, 9.17) is 4.74 Å². The van der Waals surface area contributed by atoms with Crippen LogP contribution in [0.5, 0.6) is 0 Å². The molecule has 0 N–H and O–H groups in total. The van der Waals surface area contributed by atoms with Gasteiger partial charge in [0, 0.05) is 44.5 Å². The van der Waals surface area contributed by atoms with Crippen LogP contribution in [-0.4, -0.2) is 58.3 Å². The van der Waals surface area contributed by atoms with Crippen molar-refractivity contribution in [1.29, 1.82) is 0 Å². The van der Waals surface area contributed by atoms with Gasteiger partial charge < -0.3 is 9.64 Å². The number of hydrogen-bond acceptors (Lipinski definition) is 4. The van der Waals surface area contributed by atoms with Crippen LogP contribution in [0, 0.1) is 5.82 Å². The largest absolute Gasteiger partial charge is 0.369 e. The van der Waals surface area contributed by atoms with Crippen molar-refractivity contribution in [2.24, 2.45) is 0 Å². The lowest BCUT2D eigenvalue weighted by Crippen LogP contribution is -2.40. The molecule has 1 saturated heterocycles. The third kappa shape index (κ3) is 4.20. The molecule has 3 heterocycles. The highest BCUT2D eigenvalue weighted by atomic mass is 19.1. The molecule has 2 aromatic rings. The molecule has 144 valence electrons. The average Bonchev–Trinajstić information content (AvgIpc) is 3.35. The Morgan fingerprint density at radius 3 is 2.85 bits per heavy atom. The van der Waals surface area contributed by atoms with E-state index >= 15 is 0 Å². The highest BCUT2D eigenvalue weighted by Crippen LogP contribution is 2.23. The third-order valence-electron chi connectivity index (χ3n) is 5.30. The highest BCUT2D eigenvalue weighted by molar-refractivity contribution is 5.77. The van der Waals surface area contributed by atoms with Gasteiger partial charge in [-0.1, -0.05) is 18.2 Å². The molecule has 0 spiro atoms. The first-order valence-electron chi connectivity index (χ1n) is 9.54. The number of ether oxygens (including phenoxy) is 1. The first kappa shape index (κ1) is 18.1. The second-order valence-electron chi connectivity index (χ2n) is 7.28. The van der Waals surface area contributed by atoms with E-state index in [-0.39, 0.29) is 24.4 Å². The van der Waals surface area contributed by atoms with Gasteiger partial charge in [-0.05, 0) is 25.0 Å². The van der Waals surface area contributed by atoms with E-state index < -0.39 is 0 Å². The van der Waals surface area contributed by atoms with E-state index in [2.05, 4.69) is 10.00 Å². The molecule has 0 aliphatic carbocycles. The maximum Gasteiger partial charge on any atom is 0.248 e. The summed E-state index contributed by atoms with van der Waals surface area (Å²) in [5.74, 6) is -0.118. The fourth-order valence-corrected chi connectivity index (χ4v) is 3.92. The Morgan fingerprint density at radius 2 is 2.04 bits per heavy atom. The molecular formula is C20H25FN4O2. The van der Waals surface area contributed by atoms with Gasteiger partial charge in [0.25, 0.3) is 0 Å². The van der Waals surface area contributed by atoms with Crippen molar-refractivity contribution in [2.45, 2.75) is 32.0 Å². The van der Waals surface area contributed by atoms with Gasteiger partial charge >= 0.3 is 0 Å². The molecular weight excluding hydrogens is 347 g/mol. The number of carbonyl (C=O) groups is 1. The van der Waals surface area contributed by atoms with Gasteiger partial charge in [0.1, 0.15) is 12.4 Å². The van der Waals surface area contributed by atoms with Crippen molar-refractivity contribution in [1.82, 2.24) is 19.6 Å². The van der Waals surface area contributed by atoms with Crippen molar-refractivity contribution in [3.05, 3.63) is 53.6 Å². The first-order chi connectivity index (χ1) is 13.2. The predicted octanol–water partition coefficient (Wildman–Crippen LogP) is 2.22. The monoisotopic (exact) mass is 372 g/mol. The molecule has 7 heteroatoms. The molecule has 0 saturated carbocycles. The van der Waals surface area contributed by atoms with E-state index in [1.54, 1.807) is 12.3 Å². The molecule has 0 radical (unpaired) electrons. The van der Waals surface area contributed by atoms with Crippen LogP contribution in [0.1, 0.15) is 30.1 Å². The Labute approximate surface area is 158 Å². The summed E-state index contributed by atoms with van der Waals surface area (Å²) in [4.78, 5) is 16.2. The fraction of sp³-hybridized carbons (Fsp3) is 0.500. The van der Waals surface area contributed by atoms with Gasteiger partial charge in [-0.2, -0.15) is 5.10 Å². The van der Waals surface area contributed by atoms with Crippen LogP contribution in [0.2, 0.25) is 0 Å². The number of rotatable bonds is 6. The van der Waals surface area contributed by atoms with Crippen LogP contribution in [0.3, 0.4) is 0 Å². The summed E-state index contributed by atoms with van der Waals surface area (Å²) < 4.78 is 21.7. The van der Waals surface area contributed by atoms with Crippen molar-refractivity contribution >= 4 is 5.91 Å². The number of halogens is 1. The Bertz CT molecular complexity index is 788. The Balaban J connectivity index is 1.37. The lowest BCUT2D eigenvalue weighted by molar-refractivity contribution is -0.135. The standard InChI is InChI=1S/C20H25FN4O2/c21-19-6-2-1-5-16(19)11-23-12-17-7-8-22-25(17)18(13-23)14-27-15-20(26)24-9-3-4-10-24/h1-2,5-8,18H,3-4,9-15H2/t18-/m1/s1. The van der Waals surface area contributed by atoms with Crippen molar-refractivity contribution in [3.63, 3.8) is 0 Å². The van der Waals surface area contributed by atoms with E-state index in [9.17, 15) is 9.18 Å². The fourth-order valence-electron chi connectivity index (χ4n) is 3.92. The minimum atomic E-state index is -0.180. The van der Waals surface area contributed by atoms with E-state index in [1.165, 1.54) is 6.07 Å². The van der Waals surface area contributed by atoms with Crippen LogP contribution in [0.25, 0.3) is 0 Å². The van der Waals surface area contributed by atoms with Crippen LogP contribution in [-0.2, 0) is 22.6 Å². The zero-order valence-corrected chi connectivity index (χ0v) is 15.4. The molecule has 0 unspecified atom stereocenters. The lowest BCUT2D eigenvalue weighted by Gasteiger charge is -2.34. The topological polar surface area (TPSA) is 50.6 Å². The molecule has 4 rings (SSSR count). The van der Waals surface area contributed by atoms with Gasteiger partial charge in [0.15, 0.2) is 0 Å². The molecule has 2 aliphatic rings. The zero-order chi connectivity index (χ0) is 18.6. The molecule has 1 aromatic carbocycles. The minimum absolute atomic E-state index is 0.0156. The summed E-state index contributed by atoms with van der Waals surface area (Å²) in [5.41, 5.74) is 1.77. The molecule has 1 aromatic heterocycles. The summed E-state index contributed by atoms with van der Waals surface area (Å²) in [6.07, 6.45) is 3.94. The summed E-state index contributed by atoms with van der Waals surface area (Å²) in [7, 11) is 0. The molecule has 1 amide bonds. The highest BCUT2D eigenvalue weighted by Gasteiger charge is 2.27. The smallest absolute Gasteiger partial charge is 0.248 e. The number of benzene rings is 1. The molecule has 0 bridgehead atoms. The SMILES string of the molecule is O=C(COC[C@H]1CN(Cc2ccccc2F)Cc2ccnn21)N1CCCC1. The zero-order valence-electron chi connectivity index (χ0n) is 15.4. The quantitative estimate of drug-likeness (QED) is 0.780. The van der Waals surface area contributed by atoms with Crippen LogP contribution in [0.15, 0.2) is 36.5 Å². The van der Waals surface area contributed by atoms with Crippen molar-refractivity contribution < 1.29 is 13.9 Å². The van der Waals surface area contributed by atoms with Crippen LogP contribution < -0.4 is 0 Å². The predicted molar refractivity (Wildman–Crippen MR) is 98.4 cm³/mol. The number of amides is 1. The van der Waals surface area contributed by atoms with Crippen molar-refractivity contribution in [3.8, 4) is 0 Å². The van der Waals surface area contributed by atoms with E-state index in [0.717, 1.165) is 38.2 Å². The van der Waals surface area contributed by atoms with Gasteiger partial charge in [-0.15, -0.1) is 0 Å². The third-order valence-corrected chi connectivity index (χ3v) is 5.30. The molecule has 6 nitrogen and oxygen atoms in total. The number of fused-ring (bicyclic) bond motifs is 1. The Hall–Kier alpha value is -2.25. The van der Waals surface area contributed by atoms with Gasteiger partial charge in [-0.25, -0.2) is 4.39 Å². The number of aromatic nitrogens is 2. The van der Waals surface area contributed by atoms with Gasteiger partial charge in [0.2, 0.25) is 5.91 Å². The molecule has 1 atom stereocenters. The Morgan fingerprint density at radius 1 is 1.22 bits per heavy atom. The summed E-state index contributed by atoms with van der Waals surface area (Å²) >= 11 is 0. The second-order valence-corrected chi connectivity index (χ2v) is 7.28. The molecule has 27 heavy (non-hydrogen) atoms. The first-order valence-corrected chi connectivity index (χ1v) is 9.54. The normalized spacial score (nSPS) is 20.0. The lowest BCUT2D eigenvalue weighted by atomic mass is 10.1. The molecule has 1 fully saturated rings.